The van der Waals surface area contributed by atoms with Crippen molar-refractivity contribution in [3.63, 3.8) is 0 Å². The van der Waals surface area contributed by atoms with Gasteiger partial charge in [-0.15, -0.1) is 0 Å². The van der Waals surface area contributed by atoms with Crippen LogP contribution in [0.25, 0.3) is 66.4 Å². The first-order valence-corrected chi connectivity index (χ1v) is 12.9. The van der Waals surface area contributed by atoms with Gasteiger partial charge < -0.3 is 4.57 Å². The van der Waals surface area contributed by atoms with Gasteiger partial charge >= 0.3 is 0 Å². The van der Waals surface area contributed by atoms with E-state index in [1.165, 1.54) is 27.2 Å². The van der Waals surface area contributed by atoms with Crippen molar-refractivity contribution < 1.29 is 0 Å². The van der Waals surface area contributed by atoms with E-state index >= 15 is 0 Å². The molecule has 0 fully saturated rings. The van der Waals surface area contributed by atoms with Crippen molar-refractivity contribution >= 4 is 43.6 Å². The molecule has 0 saturated carbocycles. The second-order valence-corrected chi connectivity index (χ2v) is 9.65. The Morgan fingerprint density at radius 1 is 0.395 bits per heavy atom. The number of hydrogen-bond acceptors (Lipinski definition) is 1. The maximum atomic E-state index is 5.30. The molecule has 38 heavy (non-hydrogen) atoms. The predicted molar refractivity (Wildman–Crippen MR) is 158 cm³/mol. The van der Waals surface area contributed by atoms with Crippen LogP contribution in [0.3, 0.4) is 0 Å². The number of aromatic nitrogens is 3. The van der Waals surface area contributed by atoms with E-state index in [1.807, 2.05) is 6.07 Å². The molecule has 2 aromatic heterocycles. The smallest absolute Gasteiger partial charge is 0.145 e. The highest BCUT2D eigenvalue weighted by molar-refractivity contribution is 6.22. The first-order chi connectivity index (χ1) is 18.9. The minimum atomic E-state index is 0.947. The van der Waals surface area contributed by atoms with Crippen LogP contribution in [0.2, 0.25) is 0 Å². The molecule has 6 aromatic carbocycles. The van der Waals surface area contributed by atoms with E-state index in [0.717, 1.165) is 39.2 Å². The number of benzene rings is 6. The minimum Gasteiger partial charge on any atom is -0.309 e. The lowest BCUT2D eigenvalue weighted by Gasteiger charge is -2.11. The summed E-state index contributed by atoms with van der Waals surface area (Å²) in [4.78, 5) is 5.30. The summed E-state index contributed by atoms with van der Waals surface area (Å²) < 4.78 is 4.67. The van der Waals surface area contributed by atoms with E-state index in [0.29, 0.717) is 0 Å². The minimum absolute atomic E-state index is 0.947. The van der Waals surface area contributed by atoms with Gasteiger partial charge in [-0.1, -0.05) is 103 Å². The van der Waals surface area contributed by atoms with Crippen molar-refractivity contribution in [1.29, 1.82) is 0 Å². The third kappa shape index (κ3) is 2.99. The molecule has 0 spiro atoms. The zero-order valence-corrected chi connectivity index (χ0v) is 20.6. The molecule has 0 saturated heterocycles. The Hall–Kier alpha value is -5.15. The highest BCUT2D eigenvalue weighted by atomic mass is 15.1. The van der Waals surface area contributed by atoms with Crippen molar-refractivity contribution in [3.8, 4) is 22.8 Å². The second kappa shape index (κ2) is 8.19. The van der Waals surface area contributed by atoms with Crippen LogP contribution in [-0.4, -0.2) is 14.1 Å². The highest BCUT2D eigenvalue weighted by Crippen LogP contribution is 2.40. The molecule has 0 N–H and O–H groups in total. The van der Waals surface area contributed by atoms with Gasteiger partial charge in [0.05, 0.1) is 22.1 Å². The normalized spacial score (nSPS) is 11.7. The van der Waals surface area contributed by atoms with Crippen molar-refractivity contribution in [3.05, 3.63) is 140 Å². The lowest BCUT2D eigenvalue weighted by atomic mass is 10.0. The topological polar surface area (TPSA) is 22.8 Å². The lowest BCUT2D eigenvalue weighted by molar-refractivity contribution is 1.10. The molecular weight excluding hydrogens is 462 g/mol. The Bertz CT molecular complexity index is 2100. The zero-order valence-electron chi connectivity index (χ0n) is 20.6. The van der Waals surface area contributed by atoms with Gasteiger partial charge in [-0.05, 0) is 36.4 Å². The lowest BCUT2D eigenvalue weighted by Crippen LogP contribution is -1.97. The van der Waals surface area contributed by atoms with Crippen LogP contribution >= 0.6 is 0 Å². The van der Waals surface area contributed by atoms with Gasteiger partial charge in [0.25, 0.3) is 0 Å². The number of para-hydroxylation sites is 3. The molecule has 0 unspecified atom stereocenters. The number of hydrogen-bond donors (Lipinski definition) is 0. The van der Waals surface area contributed by atoms with E-state index in [9.17, 15) is 0 Å². The van der Waals surface area contributed by atoms with Gasteiger partial charge in [0.1, 0.15) is 5.82 Å². The van der Waals surface area contributed by atoms with E-state index in [1.54, 1.807) is 0 Å². The maximum absolute atomic E-state index is 5.30. The van der Waals surface area contributed by atoms with E-state index in [4.69, 9.17) is 4.98 Å². The summed E-state index contributed by atoms with van der Waals surface area (Å²) in [6.45, 7) is 0. The van der Waals surface area contributed by atoms with Crippen molar-refractivity contribution in [2.75, 3.05) is 0 Å². The first kappa shape index (κ1) is 21.0. The summed E-state index contributed by atoms with van der Waals surface area (Å²) in [7, 11) is 0. The third-order valence-corrected chi connectivity index (χ3v) is 7.51. The predicted octanol–water partition coefficient (Wildman–Crippen LogP) is 8.94. The fourth-order valence-electron chi connectivity index (χ4n) is 5.87. The monoisotopic (exact) mass is 485 g/mol. The Morgan fingerprint density at radius 2 is 0.947 bits per heavy atom. The molecular formula is C35H23N3. The molecule has 0 aliphatic carbocycles. The van der Waals surface area contributed by atoms with Crippen molar-refractivity contribution in [2.24, 2.45) is 0 Å². The van der Waals surface area contributed by atoms with Crippen LogP contribution in [0.4, 0.5) is 0 Å². The van der Waals surface area contributed by atoms with Gasteiger partial charge in [0.2, 0.25) is 0 Å². The molecule has 8 aromatic rings. The molecule has 0 atom stereocenters. The molecule has 0 bridgehead atoms. The van der Waals surface area contributed by atoms with Crippen LogP contribution in [0.1, 0.15) is 0 Å². The van der Waals surface area contributed by atoms with Crippen molar-refractivity contribution in [1.82, 2.24) is 14.1 Å². The van der Waals surface area contributed by atoms with Crippen molar-refractivity contribution in [2.45, 2.75) is 0 Å². The van der Waals surface area contributed by atoms with Crippen LogP contribution < -0.4 is 0 Å². The summed E-state index contributed by atoms with van der Waals surface area (Å²) in [6, 6.07) is 49.3. The third-order valence-electron chi connectivity index (χ3n) is 7.51. The number of fused-ring (bicyclic) bond motifs is 7. The summed E-state index contributed by atoms with van der Waals surface area (Å²) >= 11 is 0. The first-order valence-electron chi connectivity index (χ1n) is 12.9. The van der Waals surface area contributed by atoms with Crippen LogP contribution in [0.15, 0.2) is 140 Å². The van der Waals surface area contributed by atoms with Crippen LogP contribution in [0.5, 0.6) is 0 Å². The summed E-state index contributed by atoms with van der Waals surface area (Å²) in [6.07, 6.45) is 0. The Labute approximate surface area is 219 Å². The molecule has 0 radical (unpaired) electrons. The molecule has 0 aliphatic heterocycles. The Kier molecular flexibility index (Phi) is 4.52. The molecule has 8 rings (SSSR count). The highest BCUT2D eigenvalue weighted by Gasteiger charge is 2.20. The molecule has 2 heterocycles. The molecule has 3 nitrogen and oxygen atoms in total. The number of nitrogens with zero attached hydrogens (tertiary/aromatic N) is 3. The Balaban J connectivity index is 1.53. The van der Waals surface area contributed by atoms with Gasteiger partial charge in [-0.25, -0.2) is 4.98 Å². The molecule has 0 aliphatic rings. The maximum Gasteiger partial charge on any atom is 0.145 e. The van der Waals surface area contributed by atoms with Gasteiger partial charge in [0, 0.05) is 38.5 Å². The largest absolute Gasteiger partial charge is 0.309 e. The average molecular weight is 486 g/mol. The number of imidazole rings is 1. The molecule has 3 heteroatoms. The second-order valence-electron chi connectivity index (χ2n) is 9.65. The number of rotatable bonds is 3. The molecule has 0 amide bonds. The molecule has 178 valence electrons. The van der Waals surface area contributed by atoms with Gasteiger partial charge in [-0.2, -0.15) is 0 Å². The van der Waals surface area contributed by atoms with Gasteiger partial charge in [0.15, 0.2) is 0 Å². The zero-order chi connectivity index (χ0) is 25.1. The fraction of sp³-hybridized carbons (Fsp3) is 0. The summed E-state index contributed by atoms with van der Waals surface area (Å²) in [5, 5.41) is 4.87. The van der Waals surface area contributed by atoms with E-state index in [-0.39, 0.29) is 0 Å². The summed E-state index contributed by atoms with van der Waals surface area (Å²) in [5.74, 6) is 0.947. The van der Waals surface area contributed by atoms with E-state index in [2.05, 4.69) is 143 Å². The van der Waals surface area contributed by atoms with Crippen LogP contribution in [-0.2, 0) is 0 Å². The summed E-state index contributed by atoms with van der Waals surface area (Å²) in [5.41, 5.74) is 7.90. The SMILES string of the molecule is c1ccc(-c2nc3c4ccc5c6ccccc6n(-c6ccccc6)c5c4ccc3n2-c2ccccc2)cc1. The fourth-order valence-corrected chi connectivity index (χ4v) is 5.87. The Morgan fingerprint density at radius 3 is 1.68 bits per heavy atom. The average Bonchev–Trinajstić information content (AvgIpc) is 3.55. The standard InChI is InChI=1S/C35H23N3/c1-4-12-24(13-5-1)35-36-33-28-20-21-29-27-18-10-11-19-31(27)37(25-14-6-2-7-15-25)34(29)30(28)22-23-32(33)38(35)26-16-8-3-9-17-26/h1-23H. The van der Waals surface area contributed by atoms with Gasteiger partial charge in [-0.3, -0.25) is 4.57 Å². The van der Waals surface area contributed by atoms with Crippen LogP contribution in [0, 0.1) is 0 Å². The quantitative estimate of drug-likeness (QED) is 0.245. The van der Waals surface area contributed by atoms with E-state index < -0.39 is 0 Å².